The lowest BCUT2D eigenvalue weighted by Crippen LogP contribution is -2.25. The largest absolute Gasteiger partial charge is 0.355 e. The first kappa shape index (κ1) is 17.2. The number of rotatable bonds is 8. The average molecular weight is 380 g/mol. The van der Waals surface area contributed by atoms with Crippen LogP contribution in [-0.4, -0.2) is 37.8 Å². The fraction of sp³-hybridized carbons (Fsp3) is 0.333. The van der Waals surface area contributed by atoms with Crippen LogP contribution in [0.5, 0.6) is 0 Å². The van der Waals surface area contributed by atoms with Crippen molar-refractivity contribution in [2.24, 2.45) is 0 Å². The number of carbonyl (C=O) groups excluding carboxylic acids is 1. The van der Waals surface area contributed by atoms with Gasteiger partial charge in [-0.05, 0) is 18.6 Å². The van der Waals surface area contributed by atoms with E-state index in [-0.39, 0.29) is 5.91 Å². The van der Waals surface area contributed by atoms with Crippen LogP contribution >= 0.6 is 34.9 Å². The van der Waals surface area contributed by atoms with Crippen molar-refractivity contribution in [2.75, 3.05) is 12.3 Å². The van der Waals surface area contributed by atoms with Crippen LogP contribution in [-0.2, 0) is 10.5 Å². The second kappa shape index (κ2) is 8.50. The maximum absolute atomic E-state index is 11.6. The minimum atomic E-state index is 0.0379. The molecule has 3 aromatic heterocycles. The number of amides is 1. The number of aromatic nitrogens is 4. The van der Waals surface area contributed by atoms with Crippen LogP contribution in [0.1, 0.15) is 19.0 Å². The van der Waals surface area contributed by atoms with Crippen molar-refractivity contribution in [1.29, 1.82) is 0 Å². The lowest BCUT2D eigenvalue weighted by Gasteiger charge is -2.00. The molecule has 3 rings (SSSR count). The van der Waals surface area contributed by atoms with E-state index in [1.54, 1.807) is 11.8 Å². The second-order valence-electron chi connectivity index (χ2n) is 4.96. The molecule has 0 atom stereocenters. The van der Waals surface area contributed by atoms with Gasteiger partial charge in [-0.25, -0.2) is 4.98 Å². The molecule has 3 heterocycles. The zero-order chi connectivity index (χ0) is 16.8. The molecule has 9 heteroatoms. The van der Waals surface area contributed by atoms with Gasteiger partial charge in [0.25, 0.3) is 0 Å². The van der Waals surface area contributed by atoms with E-state index in [1.807, 2.05) is 41.9 Å². The predicted octanol–water partition coefficient (Wildman–Crippen LogP) is 3.10. The van der Waals surface area contributed by atoms with E-state index in [0.717, 1.165) is 38.7 Å². The number of pyridine rings is 1. The molecule has 0 spiro atoms. The summed E-state index contributed by atoms with van der Waals surface area (Å²) < 4.78 is 3.72. The van der Waals surface area contributed by atoms with E-state index in [9.17, 15) is 4.79 Å². The highest BCUT2D eigenvalue weighted by Crippen LogP contribution is 2.30. The van der Waals surface area contributed by atoms with Gasteiger partial charge < -0.3 is 9.72 Å². The highest BCUT2D eigenvalue weighted by Gasteiger charge is 2.09. The average Bonchev–Trinajstić information content (AvgIpc) is 3.22. The van der Waals surface area contributed by atoms with E-state index >= 15 is 0 Å². The van der Waals surface area contributed by atoms with Crippen LogP contribution < -0.4 is 5.32 Å². The standard InChI is InChI=1S/C15H17N5OS3/c1-2-6-16-13(21)10-23-15-19-18-14(24-15)22-9-11-8-20-7-4-3-5-12(20)17-11/h3-5,7-8H,2,6,9-10H2,1H3,(H,16,21). The summed E-state index contributed by atoms with van der Waals surface area (Å²) in [7, 11) is 0. The zero-order valence-electron chi connectivity index (χ0n) is 13.1. The summed E-state index contributed by atoms with van der Waals surface area (Å²) in [5, 5.41) is 11.1. The fourth-order valence-electron chi connectivity index (χ4n) is 1.95. The molecule has 126 valence electrons. The number of fused-ring (bicyclic) bond motifs is 1. The van der Waals surface area contributed by atoms with Gasteiger partial charge in [0.1, 0.15) is 5.65 Å². The Labute approximate surface area is 152 Å². The van der Waals surface area contributed by atoms with Crippen molar-refractivity contribution in [3.8, 4) is 0 Å². The topological polar surface area (TPSA) is 72.2 Å². The molecule has 0 aromatic carbocycles. The first-order valence-electron chi connectivity index (χ1n) is 7.53. The minimum absolute atomic E-state index is 0.0379. The smallest absolute Gasteiger partial charge is 0.230 e. The van der Waals surface area contributed by atoms with Crippen LogP contribution in [0.25, 0.3) is 5.65 Å². The summed E-state index contributed by atoms with van der Waals surface area (Å²) >= 11 is 4.55. The van der Waals surface area contributed by atoms with Crippen LogP contribution in [0.2, 0.25) is 0 Å². The molecule has 0 saturated carbocycles. The normalized spacial score (nSPS) is 11.0. The fourth-order valence-corrected chi connectivity index (χ4v) is 4.68. The molecule has 0 unspecified atom stereocenters. The molecule has 0 fully saturated rings. The first-order chi connectivity index (χ1) is 11.7. The highest BCUT2D eigenvalue weighted by atomic mass is 32.2. The second-order valence-corrected chi connectivity index (χ2v) is 8.38. The summed E-state index contributed by atoms with van der Waals surface area (Å²) in [6.45, 7) is 2.75. The Morgan fingerprint density at radius 3 is 2.92 bits per heavy atom. The van der Waals surface area contributed by atoms with Gasteiger partial charge in [-0.15, -0.1) is 10.2 Å². The summed E-state index contributed by atoms with van der Waals surface area (Å²) in [6.07, 6.45) is 4.95. The number of hydrogen-bond acceptors (Lipinski definition) is 7. The van der Waals surface area contributed by atoms with Gasteiger partial charge in [-0.1, -0.05) is 47.9 Å². The Kier molecular flexibility index (Phi) is 6.11. The van der Waals surface area contributed by atoms with Crippen molar-refractivity contribution in [1.82, 2.24) is 24.9 Å². The molecule has 0 radical (unpaired) electrons. The third kappa shape index (κ3) is 4.71. The summed E-state index contributed by atoms with van der Waals surface area (Å²) in [6, 6.07) is 5.94. The number of nitrogens with one attached hydrogen (secondary N) is 1. The third-order valence-corrected chi connectivity index (χ3v) is 6.27. The predicted molar refractivity (Wildman–Crippen MR) is 98.7 cm³/mol. The lowest BCUT2D eigenvalue weighted by molar-refractivity contribution is -0.118. The van der Waals surface area contributed by atoms with E-state index in [0.29, 0.717) is 5.75 Å². The zero-order valence-corrected chi connectivity index (χ0v) is 15.6. The summed E-state index contributed by atoms with van der Waals surface area (Å²) in [4.78, 5) is 16.1. The SMILES string of the molecule is CCCNC(=O)CSc1nnc(SCc2cn3ccccc3n2)s1. The van der Waals surface area contributed by atoms with E-state index in [1.165, 1.54) is 23.1 Å². The molecule has 24 heavy (non-hydrogen) atoms. The molecule has 3 aromatic rings. The Morgan fingerprint density at radius 1 is 1.29 bits per heavy atom. The van der Waals surface area contributed by atoms with Gasteiger partial charge in [0.05, 0.1) is 11.4 Å². The van der Waals surface area contributed by atoms with E-state index < -0.39 is 0 Å². The van der Waals surface area contributed by atoms with Gasteiger partial charge in [0.2, 0.25) is 5.91 Å². The molecule has 1 N–H and O–H groups in total. The maximum atomic E-state index is 11.6. The van der Waals surface area contributed by atoms with Crippen molar-refractivity contribution in [3.05, 3.63) is 36.3 Å². The monoisotopic (exact) mass is 379 g/mol. The Morgan fingerprint density at radius 2 is 2.12 bits per heavy atom. The number of carbonyl (C=O) groups is 1. The van der Waals surface area contributed by atoms with Gasteiger partial charge in [0, 0.05) is 24.7 Å². The minimum Gasteiger partial charge on any atom is -0.355 e. The number of imidazole rings is 1. The van der Waals surface area contributed by atoms with Crippen molar-refractivity contribution in [2.45, 2.75) is 27.8 Å². The molecule has 0 aliphatic heterocycles. The Balaban J connectivity index is 1.49. The molecule has 0 saturated heterocycles. The Bertz CT molecular complexity index is 783. The molecule has 1 amide bonds. The van der Waals surface area contributed by atoms with Gasteiger partial charge in [-0.3, -0.25) is 4.79 Å². The van der Waals surface area contributed by atoms with Gasteiger partial charge in [0.15, 0.2) is 8.68 Å². The van der Waals surface area contributed by atoms with E-state index in [2.05, 4.69) is 20.5 Å². The first-order valence-corrected chi connectivity index (χ1v) is 10.3. The van der Waals surface area contributed by atoms with Crippen molar-refractivity contribution in [3.63, 3.8) is 0 Å². The van der Waals surface area contributed by atoms with Crippen molar-refractivity contribution >= 4 is 46.4 Å². The maximum Gasteiger partial charge on any atom is 0.230 e. The third-order valence-electron chi connectivity index (χ3n) is 3.04. The summed E-state index contributed by atoms with van der Waals surface area (Å²) in [5.74, 6) is 1.17. The van der Waals surface area contributed by atoms with Crippen LogP contribution in [0.15, 0.2) is 39.3 Å². The van der Waals surface area contributed by atoms with Gasteiger partial charge >= 0.3 is 0 Å². The molecule has 0 aliphatic carbocycles. The van der Waals surface area contributed by atoms with Crippen molar-refractivity contribution < 1.29 is 4.79 Å². The number of nitrogens with zero attached hydrogens (tertiary/aromatic N) is 4. The molecule has 6 nitrogen and oxygen atoms in total. The lowest BCUT2D eigenvalue weighted by atomic mass is 10.5. The Hall–Kier alpha value is -1.58. The molecule has 0 bridgehead atoms. The van der Waals surface area contributed by atoms with Crippen LogP contribution in [0.3, 0.4) is 0 Å². The molecular weight excluding hydrogens is 362 g/mol. The number of hydrogen-bond donors (Lipinski definition) is 1. The van der Waals surface area contributed by atoms with E-state index in [4.69, 9.17) is 0 Å². The molecular formula is C15H17N5OS3. The number of thioether (sulfide) groups is 2. The highest BCUT2D eigenvalue weighted by molar-refractivity contribution is 8.03. The summed E-state index contributed by atoms with van der Waals surface area (Å²) in [5.41, 5.74) is 1.95. The van der Waals surface area contributed by atoms with Crippen LogP contribution in [0.4, 0.5) is 0 Å². The quantitative estimate of drug-likeness (QED) is 0.607. The van der Waals surface area contributed by atoms with Crippen LogP contribution in [0, 0.1) is 0 Å². The molecule has 0 aliphatic rings. The van der Waals surface area contributed by atoms with Gasteiger partial charge in [-0.2, -0.15) is 0 Å².